The average molecular weight is 390 g/mol. The number of para-hydroxylation sites is 1. The molecule has 0 aliphatic carbocycles. The number of benzene rings is 2. The molecule has 0 saturated carbocycles. The highest BCUT2D eigenvalue weighted by Crippen LogP contribution is 2.37. The molecule has 0 bridgehead atoms. The Balaban J connectivity index is 1.68. The number of fused-ring (bicyclic) bond motifs is 2. The summed E-state index contributed by atoms with van der Waals surface area (Å²) >= 11 is 0. The third-order valence-electron chi connectivity index (χ3n) is 4.73. The quantitative estimate of drug-likeness (QED) is 0.590. The van der Waals surface area contributed by atoms with E-state index < -0.39 is 20.6 Å². The first-order valence-corrected chi connectivity index (χ1v) is 10.1. The van der Waals surface area contributed by atoms with Crippen molar-refractivity contribution in [3.8, 4) is 11.5 Å². The van der Waals surface area contributed by atoms with Crippen LogP contribution in [0.15, 0.2) is 41.3 Å². The molecule has 2 aromatic rings. The van der Waals surface area contributed by atoms with Crippen LogP contribution in [0, 0.1) is 10.1 Å². The fourth-order valence-electron chi connectivity index (χ4n) is 3.36. The second-order valence-electron chi connectivity index (χ2n) is 6.43. The van der Waals surface area contributed by atoms with Crippen LogP contribution in [-0.2, 0) is 23.0 Å². The molecule has 2 aliphatic heterocycles. The van der Waals surface area contributed by atoms with Crippen molar-refractivity contribution in [1.29, 1.82) is 0 Å². The molecule has 0 fully saturated rings. The zero-order valence-corrected chi connectivity index (χ0v) is 15.3. The lowest BCUT2D eigenvalue weighted by atomic mass is 10.0. The van der Waals surface area contributed by atoms with Crippen molar-refractivity contribution in [2.75, 3.05) is 19.8 Å². The number of ether oxygens (including phenoxy) is 2. The zero-order chi connectivity index (χ0) is 19.0. The Morgan fingerprint density at radius 3 is 2.41 bits per heavy atom. The summed E-state index contributed by atoms with van der Waals surface area (Å²) in [5.41, 5.74) is 1.42. The normalized spacial score (nSPS) is 17.0. The Morgan fingerprint density at radius 2 is 1.70 bits per heavy atom. The lowest BCUT2D eigenvalue weighted by molar-refractivity contribution is -0.387. The van der Waals surface area contributed by atoms with E-state index >= 15 is 0 Å². The minimum atomic E-state index is -3.99. The molecular weight excluding hydrogens is 372 g/mol. The maximum atomic E-state index is 13.0. The van der Waals surface area contributed by atoms with E-state index in [0.717, 1.165) is 17.5 Å². The van der Waals surface area contributed by atoms with E-state index in [1.807, 2.05) is 12.1 Å². The summed E-state index contributed by atoms with van der Waals surface area (Å²) in [6.07, 6.45) is 1.30. The summed E-state index contributed by atoms with van der Waals surface area (Å²) < 4.78 is 38.7. The molecule has 0 N–H and O–H groups in total. The van der Waals surface area contributed by atoms with Crippen LogP contribution in [0.1, 0.15) is 17.5 Å². The maximum Gasteiger partial charge on any atom is 0.289 e. The minimum Gasteiger partial charge on any atom is -0.490 e. The first kappa shape index (κ1) is 17.7. The summed E-state index contributed by atoms with van der Waals surface area (Å²) in [7, 11) is -3.99. The third-order valence-corrected chi connectivity index (χ3v) is 6.62. The van der Waals surface area contributed by atoms with Crippen LogP contribution in [0.2, 0.25) is 0 Å². The number of nitrogens with zero attached hydrogens (tertiary/aromatic N) is 2. The lowest BCUT2D eigenvalue weighted by Gasteiger charge is -2.28. The fourth-order valence-corrected chi connectivity index (χ4v) is 4.93. The first-order valence-electron chi connectivity index (χ1n) is 8.62. The second-order valence-corrected chi connectivity index (χ2v) is 8.34. The van der Waals surface area contributed by atoms with Crippen molar-refractivity contribution >= 4 is 15.7 Å². The van der Waals surface area contributed by atoms with Gasteiger partial charge in [0, 0.05) is 25.6 Å². The smallest absolute Gasteiger partial charge is 0.289 e. The summed E-state index contributed by atoms with van der Waals surface area (Å²) in [6, 6.07) is 9.15. The molecule has 0 radical (unpaired) electrons. The highest BCUT2D eigenvalue weighted by molar-refractivity contribution is 7.89. The van der Waals surface area contributed by atoms with Crippen LogP contribution in [-0.4, -0.2) is 37.4 Å². The molecule has 2 heterocycles. The monoisotopic (exact) mass is 390 g/mol. The Hall–Kier alpha value is -2.65. The van der Waals surface area contributed by atoms with Gasteiger partial charge in [-0.2, -0.15) is 4.31 Å². The largest absolute Gasteiger partial charge is 0.490 e. The van der Waals surface area contributed by atoms with Gasteiger partial charge in [0.15, 0.2) is 16.4 Å². The van der Waals surface area contributed by atoms with Crippen LogP contribution >= 0.6 is 0 Å². The van der Waals surface area contributed by atoms with Crippen molar-refractivity contribution in [2.45, 2.75) is 24.3 Å². The van der Waals surface area contributed by atoms with Gasteiger partial charge in [-0.15, -0.1) is 0 Å². The standard InChI is InChI=1S/C18H18N2O6S/c21-20(22)15-4-1-2-5-18(15)27(23,24)19-7-6-13-10-16-17(11-14(13)12-19)26-9-3-8-25-16/h1-2,4-5,10-11H,3,6-9,12H2. The SMILES string of the molecule is O=[N+]([O-])c1ccccc1S(=O)(=O)N1CCc2cc3c(cc2C1)OCCCO3. The van der Waals surface area contributed by atoms with E-state index in [1.165, 1.54) is 28.6 Å². The van der Waals surface area contributed by atoms with E-state index in [1.54, 1.807) is 0 Å². The van der Waals surface area contributed by atoms with E-state index in [4.69, 9.17) is 9.47 Å². The number of hydrogen-bond donors (Lipinski definition) is 0. The Morgan fingerprint density at radius 1 is 1.04 bits per heavy atom. The number of nitro benzene ring substituents is 1. The van der Waals surface area contributed by atoms with Crippen molar-refractivity contribution < 1.29 is 22.8 Å². The molecule has 8 nitrogen and oxygen atoms in total. The molecule has 0 saturated heterocycles. The molecular formula is C18H18N2O6S. The van der Waals surface area contributed by atoms with Crippen LogP contribution < -0.4 is 9.47 Å². The molecule has 142 valence electrons. The van der Waals surface area contributed by atoms with Gasteiger partial charge in [-0.25, -0.2) is 8.42 Å². The van der Waals surface area contributed by atoms with Crippen molar-refractivity contribution in [3.05, 3.63) is 57.6 Å². The summed E-state index contributed by atoms with van der Waals surface area (Å²) in [5.74, 6) is 1.29. The van der Waals surface area contributed by atoms with Gasteiger partial charge in [0.05, 0.1) is 18.1 Å². The molecule has 2 aromatic carbocycles. The highest BCUT2D eigenvalue weighted by atomic mass is 32.2. The molecule has 9 heteroatoms. The second kappa shape index (κ2) is 6.82. The predicted molar refractivity (Wildman–Crippen MR) is 96.4 cm³/mol. The minimum absolute atomic E-state index is 0.139. The average Bonchev–Trinajstić information content (AvgIpc) is 2.90. The number of nitro groups is 1. The molecule has 0 spiro atoms. The lowest BCUT2D eigenvalue weighted by Crippen LogP contribution is -2.36. The molecule has 0 unspecified atom stereocenters. The van der Waals surface area contributed by atoms with Gasteiger partial charge in [-0.05, 0) is 35.7 Å². The molecule has 27 heavy (non-hydrogen) atoms. The predicted octanol–water partition coefficient (Wildman–Crippen LogP) is 2.50. The van der Waals surface area contributed by atoms with Crippen molar-refractivity contribution in [2.24, 2.45) is 0 Å². The van der Waals surface area contributed by atoms with Gasteiger partial charge in [0.2, 0.25) is 10.0 Å². The van der Waals surface area contributed by atoms with E-state index in [9.17, 15) is 18.5 Å². The van der Waals surface area contributed by atoms with Crippen molar-refractivity contribution in [3.63, 3.8) is 0 Å². The fraction of sp³-hybridized carbons (Fsp3) is 0.333. The first-order chi connectivity index (χ1) is 13.0. The summed E-state index contributed by atoms with van der Waals surface area (Å²) in [6.45, 7) is 1.52. The summed E-state index contributed by atoms with van der Waals surface area (Å²) in [4.78, 5) is 10.3. The molecule has 2 aliphatic rings. The topological polar surface area (TPSA) is 99.0 Å². The number of sulfonamides is 1. The van der Waals surface area contributed by atoms with E-state index in [0.29, 0.717) is 31.1 Å². The van der Waals surface area contributed by atoms with Crippen LogP contribution in [0.5, 0.6) is 11.5 Å². The van der Waals surface area contributed by atoms with Gasteiger partial charge in [-0.1, -0.05) is 12.1 Å². The third kappa shape index (κ3) is 3.24. The van der Waals surface area contributed by atoms with Gasteiger partial charge in [-0.3, -0.25) is 10.1 Å². The molecule has 0 aromatic heterocycles. The highest BCUT2D eigenvalue weighted by Gasteiger charge is 2.34. The van der Waals surface area contributed by atoms with Gasteiger partial charge in [0.25, 0.3) is 5.69 Å². The van der Waals surface area contributed by atoms with Gasteiger partial charge in [0.1, 0.15) is 0 Å². The Labute approximate surface area is 156 Å². The Kier molecular flexibility index (Phi) is 4.48. The van der Waals surface area contributed by atoms with Crippen molar-refractivity contribution in [1.82, 2.24) is 4.31 Å². The van der Waals surface area contributed by atoms with E-state index in [-0.39, 0.29) is 18.0 Å². The molecule has 0 amide bonds. The van der Waals surface area contributed by atoms with Gasteiger partial charge >= 0.3 is 0 Å². The number of hydrogen-bond acceptors (Lipinski definition) is 6. The molecule has 4 rings (SSSR count). The summed E-state index contributed by atoms with van der Waals surface area (Å²) in [5, 5.41) is 11.2. The maximum absolute atomic E-state index is 13.0. The zero-order valence-electron chi connectivity index (χ0n) is 14.5. The van der Waals surface area contributed by atoms with Crippen LogP contribution in [0.25, 0.3) is 0 Å². The molecule has 0 atom stereocenters. The van der Waals surface area contributed by atoms with E-state index in [2.05, 4.69) is 0 Å². The van der Waals surface area contributed by atoms with Crippen LogP contribution in [0.4, 0.5) is 5.69 Å². The van der Waals surface area contributed by atoms with Crippen LogP contribution in [0.3, 0.4) is 0 Å². The Bertz CT molecular complexity index is 1000. The van der Waals surface area contributed by atoms with Gasteiger partial charge < -0.3 is 9.47 Å². The number of rotatable bonds is 3.